The second kappa shape index (κ2) is 11.1. The van der Waals surface area contributed by atoms with E-state index in [0.29, 0.717) is 37.3 Å². The lowest BCUT2D eigenvalue weighted by atomic mass is 10.1. The highest BCUT2D eigenvalue weighted by Gasteiger charge is 2.08. The number of unbranched alkanes of at least 4 members (excludes halogenated alkanes) is 1. The molecule has 0 aliphatic carbocycles. The smallest absolute Gasteiger partial charge is 0.338 e. The van der Waals surface area contributed by atoms with Crippen molar-refractivity contribution >= 4 is 17.6 Å². The number of amides is 1. The average molecular weight is 383 g/mol. The third-order valence-electron chi connectivity index (χ3n) is 4.50. The van der Waals surface area contributed by atoms with E-state index in [0.717, 1.165) is 24.2 Å². The number of aryl methyl sites for hydroxylation is 1. The van der Waals surface area contributed by atoms with Gasteiger partial charge in [-0.15, -0.1) is 0 Å². The summed E-state index contributed by atoms with van der Waals surface area (Å²) in [6, 6.07) is 12.7. The first-order valence-electron chi connectivity index (χ1n) is 9.77. The molecule has 0 saturated carbocycles. The Kier molecular flexibility index (Phi) is 8.53. The minimum absolute atomic E-state index is 0.0807. The number of esters is 1. The van der Waals surface area contributed by atoms with Gasteiger partial charge < -0.3 is 14.8 Å². The van der Waals surface area contributed by atoms with Crippen molar-refractivity contribution in [2.45, 2.75) is 46.5 Å². The van der Waals surface area contributed by atoms with Crippen LogP contribution in [0.5, 0.6) is 5.75 Å². The fraction of sp³-hybridized carbons (Fsp3) is 0.391. The number of anilines is 1. The molecule has 0 radical (unpaired) electrons. The second-order valence-corrected chi connectivity index (χ2v) is 6.77. The fourth-order valence-electron chi connectivity index (χ4n) is 2.60. The van der Waals surface area contributed by atoms with Gasteiger partial charge in [-0.25, -0.2) is 4.79 Å². The van der Waals surface area contributed by atoms with Crippen molar-refractivity contribution in [1.29, 1.82) is 0 Å². The van der Waals surface area contributed by atoms with Crippen molar-refractivity contribution in [3.05, 3.63) is 59.2 Å². The largest absolute Gasteiger partial charge is 0.493 e. The Balaban J connectivity index is 1.72. The van der Waals surface area contributed by atoms with E-state index in [2.05, 4.69) is 5.32 Å². The van der Waals surface area contributed by atoms with Crippen LogP contribution < -0.4 is 10.1 Å². The predicted molar refractivity (Wildman–Crippen MR) is 111 cm³/mol. The summed E-state index contributed by atoms with van der Waals surface area (Å²) in [6.07, 6.45) is 2.83. The van der Waals surface area contributed by atoms with Crippen molar-refractivity contribution < 1.29 is 19.1 Å². The Hall–Kier alpha value is -2.82. The molecule has 2 aromatic carbocycles. The van der Waals surface area contributed by atoms with Gasteiger partial charge in [0.05, 0.1) is 18.8 Å². The lowest BCUT2D eigenvalue weighted by molar-refractivity contribution is -0.116. The molecule has 0 aliphatic rings. The number of hydrogen-bond acceptors (Lipinski definition) is 4. The van der Waals surface area contributed by atoms with Crippen LogP contribution >= 0.6 is 0 Å². The maximum Gasteiger partial charge on any atom is 0.338 e. The van der Waals surface area contributed by atoms with Crippen molar-refractivity contribution in [3.8, 4) is 5.75 Å². The molecule has 5 heteroatoms. The Morgan fingerprint density at radius 1 is 0.964 bits per heavy atom. The predicted octanol–water partition coefficient (Wildman–Crippen LogP) is 5.06. The van der Waals surface area contributed by atoms with Crippen LogP contribution in [0.15, 0.2) is 42.5 Å². The molecule has 0 unspecified atom stereocenters. The number of carbonyl (C=O) groups excluding carboxylic acids is 2. The third-order valence-corrected chi connectivity index (χ3v) is 4.50. The molecule has 0 aliphatic heterocycles. The van der Waals surface area contributed by atoms with Gasteiger partial charge >= 0.3 is 5.97 Å². The zero-order valence-corrected chi connectivity index (χ0v) is 16.9. The van der Waals surface area contributed by atoms with Gasteiger partial charge in [-0.2, -0.15) is 0 Å². The minimum Gasteiger partial charge on any atom is -0.493 e. The zero-order valence-electron chi connectivity index (χ0n) is 16.9. The van der Waals surface area contributed by atoms with Crippen molar-refractivity contribution in [2.24, 2.45) is 0 Å². The molecule has 0 atom stereocenters. The SMILES string of the molecule is CCCCOC(=O)c1ccc(NC(=O)CCCOc2cccc(C)c2C)cc1. The lowest BCUT2D eigenvalue weighted by Gasteiger charge is -2.11. The summed E-state index contributed by atoms with van der Waals surface area (Å²) in [6.45, 7) is 7.03. The Labute approximate surface area is 167 Å². The highest BCUT2D eigenvalue weighted by atomic mass is 16.5. The summed E-state index contributed by atoms with van der Waals surface area (Å²) in [5.74, 6) is 0.444. The van der Waals surface area contributed by atoms with Crippen LogP contribution in [0.3, 0.4) is 0 Å². The average Bonchev–Trinajstić information content (AvgIpc) is 2.69. The van der Waals surface area contributed by atoms with Gasteiger partial charge in [-0.1, -0.05) is 25.5 Å². The van der Waals surface area contributed by atoms with Crippen LogP contribution in [0, 0.1) is 13.8 Å². The van der Waals surface area contributed by atoms with E-state index in [1.807, 2.05) is 39.0 Å². The number of benzene rings is 2. The molecule has 2 rings (SSSR count). The molecule has 5 nitrogen and oxygen atoms in total. The number of nitrogens with one attached hydrogen (secondary N) is 1. The first-order valence-corrected chi connectivity index (χ1v) is 9.77. The van der Waals surface area contributed by atoms with Crippen molar-refractivity contribution in [2.75, 3.05) is 18.5 Å². The number of hydrogen-bond donors (Lipinski definition) is 1. The Morgan fingerprint density at radius 3 is 2.43 bits per heavy atom. The van der Waals surface area contributed by atoms with Gasteiger partial charge in [-0.3, -0.25) is 4.79 Å². The van der Waals surface area contributed by atoms with E-state index in [1.54, 1.807) is 24.3 Å². The standard InChI is InChI=1S/C23H29NO4/c1-4-5-15-28-23(26)19-11-13-20(14-12-19)24-22(25)10-7-16-27-21-9-6-8-17(2)18(21)3/h6,8-9,11-14H,4-5,7,10,15-16H2,1-3H3,(H,24,25). The molecule has 0 saturated heterocycles. The highest BCUT2D eigenvalue weighted by Crippen LogP contribution is 2.20. The molecular formula is C23H29NO4. The van der Waals surface area contributed by atoms with Crippen molar-refractivity contribution in [3.63, 3.8) is 0 Å². The van der Waals surface area contributed by atoms with E-state index in [9.17, 15) is 9.59 Å². The number of ether oxygens (including phenoxy) is 2. The summed E-state index contributed by atoms with van der Waals surface area (Å²) in [5, 5.41) is 2.83. The maximum absolute atomic E-state index is 12.1. The minimum atomic E-state index is -0.338. The molecule has 0 aromatic heterocycles. The summed E-state index contributed by atoms with van der Waals surface area (Å²) in [4.78, 5) is 23.9. The molecule has 1 N–H and O–H groups in total. The van der Waals surface area contributed by atoms with E-state index in [1.165, 1.54) is 5.56 Å². The van der Waals surface area contributed by atoms with Crippen LogP contribution in [-0.2, 0) is 9.53 Å². The lowest BCUT2D eigenvalue weighted by Crippen LogP contribution is -2.13. The zero-order chi connectivity index (χ0) is 20.4. The molecule has 2 aromatic rings. The summed E-state index contributed by atoms with van der Waals surface area (Å²) in [7, 11) is 0. The van der Waals surface area contributed by atoms with Crippen LogP contribution in [0.4, 0.5) is 5.69 Å². The molecule has 0 fully saturated rings. The topological polar surface area (TPSA) is 64.6 Å². The Bertz CT molecular complexity index is 784. The highest BCUT2D eigenvalue weighted by molar-refractivity contribution is 5.93. The number of carbonyl (C=O) groups is 2. The quantitative estimate of drug-likeness (QED) is 0.460. The fourth-order valence-corrected chi connectivity index (χ4v) is 2.60. The molecular weight excluding hydrogens is 354 g/mol. The normalized spacial score (nSPS) is 10.4. The van der Waals surface area contributed by atoms with Crippen LogP contribution in [0.2, 0.25) is 0 Å². The van der Waals surface area contributed by atoms with E-state index >= 15 is 0 Å². The van der Waals surface area contributed by atoms with Crippen LogP contribution in [0.25, 0.3) is 0 Å². The molecule has 1 amide bonds. The van der Waals surface area contributed by atoms with Gasteiger partial charge in [0.2, 0.25) is 5.91 Å². The summed E-state index contributed by atoms with van der Waals surface area (Å²) < 4.78 is 10.9. The van der Waals surface area contributed by atoms with Gasteiger partial charge in [0.1, 0.15) is 5.75 Å². The maximum atomic E-state index is 12.1. The molecule has 28 heavy (non-hydrogen) atoms. The summed E-state index contributed by atoms with van der Waals surface area (Å²) >= 11 is 0. The first-order chi connectivity index (χ1) is 13.5. The van der Waals surface area contributed by atoms with Gasteiger partial charge in [0, 0.05) is 12.1 Å². The summed E-state index contributed by atoms with van der Waals surface area (Å²) in [5.41, 5.74) is 3.45. The van der Waals surface area contributed by atoms with Gasteiger partial charge in [0.15, 0.2) is 0 Å². The van der Waals surface area contributed by atoms with Crippen LogP contribution in [0.1, 0.15) is 54.1 Å². The monoisotopic (exact) mass is 383 g/mol. The molecule has 0 bridgehead atoms. The second-order valence-electron chi connectivity index (χ2n) is 6.77. The van der Waals surface area contributed by atoms with E-state index in [-0.39, 0.29) is 11.9 Å². The molecule has 0 spiro atoms. The van der Waals surface area contributed by atoms with E-state index in [4.69, 9.17) is 9.47 Å². The molecule has 150 valence electrons. The third kappa shape index (κ3) is 6.72. The number of rotatable bonds is 10. The van der Waals surface area contributed by atoms with E-state index < -0.39 is 0 Å². The van der Waals surface area contributed by atoms with Crippen molar-refractivity contribution in [1.82, 2.24) is 0 Å². The van der Waals surface area contributed by atoms with Gasteiger partial charge in [-0.05, 0) is 68.1 Å². The van der Waals surface area contributed by atoms with Crippen LogP contribution in [-0.4, -0.2) is 25.1 Å². The first kappa shape index (κ1) is 21.5. The molecule has 0 heterocycles. The van der Waals surface area contributed by atoms with Gasteiger partial charge in [0.25, 0.3) is 0 Å². The Morgan fingerprint density at radius 2 is 1.71 bits per heavy atom.